The molecule has 2 aliphatic carbocycles. The number of aliphatic hydroxyl groups is 2. The second kappa shape index (κ2) is 8.40. The van der Waals surface area contributed by atoms with Crippen LogP contribution < -0.4 is 5.32 Å². The summed E-state index contributed by atoms with van der Waals surface area (Å²) in [5.41, 5.74) is 2.68. The predicted octanol–water partition coefficient (Wildman–Crippen LogP) is 4.20. The molecule has 1 aromatic heterocycles. The van der Waals surface area contributed by atoms with Gasteiger partial charge in [0.2, 0.25) is 5.91 Å². The van der Waals surface area contributed by atoms with Crippen molar-refractivity contribution in [2.75, 3.05) is 5.32 Å². The molecule has 0 saturated heterocycles. The Kier molecular flexibility index (Phi) is 5.68. The van der Waals surface area contributed by atoms with E-state index in [0.29, 0.717) is 29.9 Å². The lowest BCUT2D eigenvalue weighted by atomic mass is 9.77. The Bertz CT molecular complexity index is 998. The van der Waals surface area contributed by atoms with E-state index in [1.54, 1.807) is 6.08 Å². The number of fused-ring (bicyclic) bond motifs is 3. The predicted molar refractivity (Wildman–Crippen MR) is 115 cm³/mol. The first-order valence-corrected chi connectivity index (χ1v) is 10.4. The van der Waals surface area contributed by atoms with Crippen LogP contribution >= 0.6 is 0 Å². The number of benzene rings is 1. The van der Waals surface area contributed by atoms with Gasteiger partial charge in [-0.2, -0.15) is 0 Å². The van der Waals surface area contributed by atoms with Crippen LogP contribution in [-0.2, 0) is 11.2 Å². The van der Waals surface area contributed by atoms with Crippen LogP contribution in [-0.4, -0.2) is 26.1 Å². The van der Waals surface area contributed by atoms with Gasteiger partial charge in [-0.1, -0.05) is 50.3 Å². The summed E-state index contributed by atoms with van der Waals surface area (Å²) in [6.45, 7) is 3.96. The highest BCUT2D eigenvalue weighted by molar-refractivity contribution is 5.90. The fraction of sp³-hybridized carbons (Fsp3) is 0.375. The van der Waals surface area contributed by atoms with E-state index < -0.39 is 6.10 Å². The third kappa shape index (κ3) is 4.14. The molecule has 3 N–H and O–H groups in total. The number of nitrogens with one attached hydrogen (secondary N) is 1. The molecule has 3 atom stereocenters. The normalized spacial score (nSPS) is 20.9. The first kappa shape index (κ1) is 20.3. The van der Waals surface area contributed by atoms with E-state index in [9.17, 15) is 15.0 Å². The van der Waals surface area contributed by atoms with Gasteiger partial charge >= 0.3 is 0 Å². The number of amides is 1. The van der Waals surface area contributed by atoms with Gasteiger partial charge in [0.15, 0.2) is 5.82 Å². The maximum atomic E-state index is 12.5. The fourth-order valence-corrected chi connectivity index (χ4v) is 4.16. The van der Waals surface area contributed by atoms with Crippen molar-refractivity contribution in [1.29, 1.82) is 0 Å². The molecule has 2 aromatic rings. The Labute approximate surface area is 176 Å². The summed E-state index contributed by atoms with van der Waals surface area (Å²) in [7, 11) is 0. The molecule has 2 aliphatic rings. The molecule has 1 aromatic carbocycles. The van der Waals surface area contributed by atoms with E-state index in [0.717, 1.165) is 17.8 Å². The maximum absolute atomic E-state index is 12.5. The van der Waals surface area contributed by atoms with Crippen molar-refractivity contribution >= 4 is 11.7 Å². The molecular weight excluding hydrogens is 378 g/mol. The summed E-state index contributed by atoms with van der Waals surface area (Å²) in [6.07, 6.45) is 6.41. The van der Waals surface area contributed by atoms with Crippen molar-refractivity contribution in [3.63, 3.8) is 0 Å². The molecule has 1 heterocycles. The molecule has 30 heavy (non-hydrogen) atoms. The Balaban J connectivity index is 1.76. The van der Waals surface area contributed by atoms with E-state index in [-0.39, 0.29) is 29.4 Å². The molecule has 156 valence electrons. The molecule has 0 radical (unpaired) electrons. The van der Waals surface area contributed by atoms with Crippen molar-refractivity contribution in [2.24, 2.45) is 11.8 Å². The van der Waals surface area contributed by atoms with Gasteiger partial charge < -0.3 is 15.5 Å². The number of aromatic nitrogens is 2. The highest BCUT2D eigenvalue weighted by atomic mass is 16.3. The number of aliphatic hydroxyl groups excluding tert-OH is 2. The quantitative estimate of drug-likeness (QED) is 0.693. The smallest absolute Gasteiger partial charge is 0.225 e. The number of nitrogens with zero attached hydrogens (tertiary/aromatic N) is 2. The summed E-state index contributed by atoms with van der Waals surface area (Å²) >= 11 is 0. The zero-order chi connectivity index (χ0) is 21.3. The zero-order valence-corrected chi connectivity index (χ0v) is 17.2. The van der Waals surface area contributed by atoms with Crippen LogP contribution in [0.15, 0.2) is 54.3 Å². The molecule has 3 unspecified atom stereocenters. The average molecular weight is 405 g/mol. The average Bonchev–Trinajstić information content (AvgIpc) is 2.72. The Hall–Kier alpha value is -2.99. The number of carbonyl (C=O) groups excluding carboxylic acids is 1. The van der Waals surface area contributed by atoms with Crippen LogP contribution in [0.5, 0.6) is 0 Å². The number of carbonyl (C=O) groups is 1. The van der Waals surface area contributed by atoms with Crippen LogP contribution in [0.4, 0.5) is 5.82 Å². The van der Waals surface area contributed by atoms with Gasteiger partial charge in [-0.25, -0.2) is 9.97 Å². The molecular formula is C24H27N3O3. The first-order valence-electron chi connectivity index (χ1n) is 10.4. The third-order valence-electron chi connectivity index (χ3n) is 5.60. The number of rotatable bonds is 5. The molecule has 6 heteroatoms. The number of allylic oxidation sites excluding steroid dienone is 3. The van der Waals surface area contributed by atoms with Gasteiger partial charge in [0, 0.05) is 12.3 Å². The van der Waals surface area contributed by atoms with Crippen molar-refractivity contribution in [3.05, 3.63) is 77.0 Å². The minimum atomic E-state index is -1.00. The van der Waals surface area contributed by atoms with Crippen LogP contribution in [0.25, 0.3) is 0 Å². The molecule has 0 fully saturated rings. The van der Waals surface area contributed by atoms with Gasteiger partial charge in [0.25, 0.3) is 0 Å². The van der Waals surface area contributed by atoms with Crippen LogP contribution in [0.2, 0.25) is 0 Å². The molecule has 6 nitrogen and oxygen atoms in total. The van der Waals surface area contributed by atoms with Gasteiger partial charge in [-0.3, -0.25) is 4.79 Å². The van der Waals surface area contributed by atoms with E-state index in [4.69, 9.17) is 9.97 Å². The minimum absolute atomic E-state index is 0.000658. The van der Waals surface area contributed by atoms with Gasteiger partial charge in [-0.05, 0) is 42.4 Å². The Morgan fingerprint density at radius 2 is 2.00 bits per heavy atom. The number of aryl methyl sites for hydroxylation is 1. The molecule has 0 aliphatic heterocycles. The number of anilines is 1. The van der Waals surface area contributed by atoms with Crippen LogP contribution in [0.1, 0.15) is 61.4 Å². The zero-order valence-electron chi connectivity index (χ0n) is 17.2. The highest BCUT2D eigenvalue weighted by Crippen LogP contribution is 2.41. The summed E-state index contributed by atoms with van der Waals surface area (Å²) in [6, 6.07) is 9.26. The van der Waals surface area contributed by atoms with Gasteiger partial charge in [0.05, 0.1) is 11.4 Å². The largest absolute Gasteiger partial charge is 0.508 e. The van der Waals surface area contributed by atoms with E-state index in [1.165, 1.54) is 0 Å². The summed E-state index contributed by atoms with van der Waals surface area (Å²) < 4.78 is 0. The summed E-state index contributed by atoms with van der Waals surface area (Å²) in [5, 5.41) is 23.8. The third-order valence-corrected chi connectivity index (χ3v) is 5.60. The fourth-order valence-electron chi connectivity index (χ4n) is 4.16. The standard InChI is InChI=1S/C24H27N3O3/c1-14(2)12-20(29)26-24-22(23(30)15-6-4-3-5-7-15)27-21-18-10-9-17(28)13-16(18)8-11-19(21)25-24/h3-7,9-10,13-14,16,18,23,28,30H,8,11-12H2,1-2H3,(H,25,26,29). The highest BCUT2D eigenvalue weighted by Gasteiger charge is 2.33. The maximum Gasteiger partial charge on any atom is 0.225 e. The van der Waals surface area contributed by atoms with Crippen LogP contribution in [0, 0.1) is 11.8 Å². The summed E-state index contributed by atoms with van der Waals surface area (Å²) in [5.74, 6) is 0.826. The SMILES string of the molecule is CC(C)CC(=O)Nc1nc2c(nc1C(O)c1ccccc1)C1C=CC(O)=CC1CC2. The van der Waals surface area contributed by atoms with E-state index in [1.807, 2.05) is 56.3 Å². The van der Waals surface area contributed by atoms with Crippen molar-refractivity contribution < 1.29 is 15.0 Å². The van der Waals surface area contributed by atoms with Crippen molar-refractivity contribution in [3.8, 4) is 0 Å². The molecule has 1 amide bonds. The van der Waals surface area contributed by atoms with E-state index >= 15 is 0 Å². The second-order valence-corrected chi connectivity index (χ2v) is 8.43. The summed E-state index contributed by atoms with van der Waals surface area (Å²) in [4.78, 5) is 22.0. The van der Waals surface area contributed by atoms with Crippen molar-refractivity contribution in [2.45, 2.75) is 45.1 Å². The topological polar surface area (TPSA) is 95.3 Å². The monoisotopic (exact) mass is 405 g/mol. The first-order chi connectivity index (χ1) is 14.4. The van der Waals surface area contributed by atoms with Gasteiger partial charge in [-0.15, -0.1) is 0 Å². The lowest BCUT2D eigenvalue weighted by Gasteiger charge is -2.31. The molecule has 0 saturated carbocycles. The second-order valence-electron chi connectivity index (χ2n) is 8.43. The Morgan fingerprint density at radius 1 is 1.23 bits per heavy atom. The molecule has 4 rings (SSSR count). The van der Waals surface area contributed by atoms with E-state index in [2.05, 4.69) is 5.32 Å². The van der Waals surface area contributed by atoms with Crippen LogP contribution in [0.3, 0.4) is 0 Å². The lowest BCUT2D eigenvalue weighted by molar-refractivity contribution is -0.116. The minimum Gasteiger partial charge on any atom is -0.508 e. The Morgan fingerprint density at radius 3 is 2.73 bits per heavy atom. The number of hydrogen-bond acceptors (Lipinski definition) is 5. The number of hydrogen-bond donors (Lipinski definition) is 3. The lowest BCUT2D eigenvalue weighted by Crippen LogP contribution is -2.26. The van der Waals surface area contributed by atoms with Gasteiger partial charge in [0.1, 0.15) is 17.6 Å². The van der Waals surface area contributed by atoms with Crippen molar-refractivity contribution in [1.82, 2.24) is 9.97 Å². The molecule has 0 bridgehead atoms. The molecule has 0 spiro atoms.